The molecule has 1 aliphatic heterocycles. The fraction of sp³-hybridized carbons (Fsp3) is 0.417. The number of carbonyl (C=O) groups excluding carboxylic acids is 2. The minimum Gasteiger partial charge on any atom is -0.497 e. The van der Waals surface area contributed by atoms with Crippen molar-refractivity contribution in [3.05, 3.63) is 59.7 Å². The molecule has 0 radical (unpaired) electrons. The van der Waals surface area contributed by atoms with E-state index in [1.807, 2.05) is 35.2 Å². The van der Waals surface area contributed by atoms with Crippen LogP contribution in [0, 0.1) is 0 Å². The lowest BCUT2D eigenvalue weighted by atomic mass is 10.1. The monoisotopic (exact) mass is 422 g/mol. The Bertz CT molecular complexity index is 911. The summed E-state index contributed by atoms with van der Waals surface area (Å²) in [6.45, 7) is 4.08. The standard InChI is InChI=1S/C24H30N4O3/c1-31-22-10-6-18(7-11-22)17-27-12-3-13-28(15-14-27)23(29)19-4-2-5-21(16-19)26-24(30)25-20-8-9-20/h2,4-7,10-11,16,20H,3,8-9,12-15,17H2,1H3,(H2,25,26,30). The predicted molar refractivity (Wildman–Crippen MR) is 120 cm³/mol. The molecule has 4 rings (SSSR count). The van der Waals surface area contributed by atoms with Gasteiger partial charge >= 0.3 is 6.03 Å². The van der Waals surface area contributed by atoms with Crippen LogP contribution in [0.1, 0.15) is 35.2 Å². The van der Waals surface area contributed by atoms with Gasteiger partial charge in [0.2, 0.25) is 0 Å². The molecule has 2 aromatic rings. The molecule has 0 spiro atoms. The van der Waals surface area contributed by atoms with Gasteiger partial charge in [-0.1, -0.05) is 18.2 Å². The molecule has 3 amide bonds. The predicted octanol–water partition coefficient (Wildman–Crippen LogP) is 3.33. The fourth-order valence-corrected chi connectivity index (χ4v) is 3.81. The first-order valence-corrected chi connectivity index (χ1v) is 10.9. The van der Waals surface area contributed by atoms with Gasteiger partial charge in [0, 0.05) is 50.0 Å². The number of urea groups is 1. The zero-order valence-corrected chi connectivity index (χ0v) is 18.0. The highest BCUT2D eigenvalue weighted by Crippen LogP contribution is 2.20. The number of anilines is 1. The molecule has 1 saturated carbocycles. The number of hydrogen-bond acceptors (Lipinski definition) is 4. The lowest BCUT2D eigenvalue weighted by Gasteiger charge is -2.22. The van der Waals surface area contributed by atoms with Gasteiger partial charge in [-0.25, -0.2) is 4.79 Å². The van der Waals surface area contributed by atoms with E-state index in [0.717, 1.165) is 51.2 Å². The van der Waals surface area contributed by atoms with Crippen molar-refractivity contribution in [2.75, 3.05) is 38.6 Å². The summed E-state index contributed by atoms with van der Waals surface area (Å²) in [5.41, 5.74) is 2.48. The highest BCUT2D eigenvalue weighted by atomic mass is 16.5. The maximum Gasteiger partial charge on any atom is 0.319 e. The molecule has 7 nitrogen and oxygen atoms in total. The van der Waals surface area contributed by atoms with Gasteiger partial charge < -0.3 is 20.3 Å². The maximum absolute atomic E-state index is 13.1. The summed E-state index contributed by atoms with van der Waals surface area (Å²) in [5.74, 6) is 0.871. The van der Waals surface area contributed by atoms with E-state index in [4.69, 9.17) is 4.74 Å². The van der Waals surface area contributed by atoms with E-state index in [-0.39, 0.29) is 11.9 Å². The fourth-order valence-electron chi connectivity index (χ4n) is 3.81. The summed E-state index contributed by atoms with van der Waals surface area (Å²) in [4.78, 5) is 29.4. The van der Waals surface area contributed by atoms with Crippen LogP contribution < -0.4 is 15.4 Å². The van der Waals surface area contributed by atoms with E-state index >= 15 is 0 Å². The molecule has 164 valence electrons. The van der Waals surface area contributed by atoms with E-state index in [1.165, 1.54) is 5.56 Å². The van der Waals surface area contributed by atoms with Gasteiger partial charge in [0.15, 0.2) is 0 Å². The molecule has 1 heterocycles. The van der Waals surface area contributed by atoms with Gasteiger partial charge in [0.1, 0.15) is 5.75 Å². The van der Waals surface area contributed by atoms with E-state index in [9.17, 15) is 9.59 Å². The minimum atomic E-state index is -0.212. The van der Waals surface area contributed by atoms with E-state index in [0.29, 0.717) is 23.8 Å². The quantitative estimate of drug-likeness (QED) is 0.749. The van der Waals surface area contributed by atoms with Crippen molar-refractivity contribution in [2.24, 2.45) is 0 Å². The average molecular weight is 423 g/mol. The van der Waals surface area contributed by atoms with Crippen LogP contribution in [-0.2, 0) is 6.54 Å². The van der Waals surface area contributed by atoms with Crippen LogP contribution in [0.3, 0.4) is 0 Å². The van der Waals surface area contributed by atoms with Crippen molar-refractivity contribution in [3.8, 4) is 5.75 Å². The Labute approximate surface area is 183 Å². The van der Waals surface area contributed by atoms with Gasteiger partial charge in [0.05, 0.1) is 7.11 Å². The molecule has 0 atom stereocenters. The first kappa shape index (κ1) is 21.2. The molecule has 2 aromatic carbocycles. The van der Waals surface area contributed by atoms with Crippen LogP contribution in [0.2, 0.25) is 0 Å². The van der Waals surface area contributed by atoms with Gasteiger partial charge in [-0.15, -0.1) is 0 Å². The Balaban J connectivity index is 1.32. The normalized spacial score (nSPS) is 17.0. The number of carbonyl (C=O) groups is 2. The number of amides is 3. The van der Waals surface area contributed by atoms with Crippen LogP contribution in [0.4, 0.5) is 10.5 Å². The molecular formula is C24H30N4O3. The molecule has 2 N–H and O–H groups in total. The molecule has 1 saturated heterocycles. The summed E-state index contributed by atoms with van der Waals surface area (Å²) >= 11 is 0. The maximum atomic E-state index is 13.1. The molecule has 2 aliphatic rings. The van der Waals surface area contributed by atoms with Crippen molar-refractivity contribution in [1.29, 1.82) is 0 Å². The molecule has 0 unspecified atom stereocenters. The Morgan fingerprint density at radius 3 is 2.58 bits per heavy atom. The highest BCUT2D eigenvalue weighted by molar-refractivity contribution is 5.97. The second-order valence-electron chi connectivity index (χ2n) is 8.22. The molecule has 2 fully saturated rings. The summed E-state index contributed by atoms with van der Waals surface area (Å²) < 4.78 is 5.23. The summed E-state index contributed by atoms with van der Waals surface area (Å²) in [5, 5.41) is 5.72. The lowest BCUT2D eigenvalue weighted by Crippen LogP contribution is -2.35. The zero-order valence-electron chi connectivity index (χ0n) is 18.0. The van der Waals surface area contributed by atoms with Crippen LogP contribution in [0.5, 0.6) is 5.75 Å². The number of benzene rings is 2. The first-order valence-electron chi connectivity index (χ1n) is 10.9. The molecular weight excluding hydrogens is 392 g/mol. The van der Waals surface area contributed by atoms with Gasteiger partial charge in [-0.05, 0) is 55.2 Å². The number of hydrogen-bond donors (Lipinski definition) is 2. The Kier molecular flexibility index (Phi) is 6.72. The smallest absolute Gasteiger partial charge is 0.319 e. The third-order valence-electron chi connectivity index (χ3n) is 5.72. The summed E-state index contributed by atoms with van der Waals surface area (Å²) in [7, 11) is 1.67. The third-order valence-corrected chi connectivity index (χ3v) is 5.72. The molecule has 7 heteroatoms. The summed E-state index contributed by atoms with van der Waals surface area (Å²) in [6, 6.07) is 15.4. The third kappa shape index (κ3) is 5.98. The minimum absolute atomic E-state index is 0.0116. The lowest BCUT2D eigenvalue weighted by molar-refractivity contribution is 0.0761. The number of nitrogens with zero attached hydrogens (tertiary/aromatic N) is 2. The van der Waals surface area contributed by atoms with Gasteiger partial charge in [0.25, 0.3) is 5.91 Å². The zero-order chi connectivity index (χ0) is 21.6. The molecule has 0 aromatic heterocycles. The van der Waals surface area contributed by atoms with Gasteiger partial charge in [-0.3, -0.25) is 9.69 Å². The van der Waals surface area contributed by atoms with E-state index in [1.54, 1.807) is 13.2 Å². The molecule has 31 heavy (non-hydrogen) atoms. The Morgan fingerprint density at radius 1 is 1.03 bits per heavy atom. The van der Waals surface area contributed by atoms with Crippen molar-refractivity contribution in [2.45, 2.75) is 31.8 Å². The first-order chi connectivity index (χ1) is 15.1. The largest absolute Gasteiger partial charge is 0.497 e. The second kappa shape index (κ2) is 9.83. The van der Waals surface area contributed by atoms with Crippen LogP contribution in [-0.4, -0.2) is 61.1 Å². The van der Waals surface area contributed by atoms with Crippen LogP contribution in [0.25, 0.3) is 0 Å². The number of nitrogens with one attached hydrogen (secondary N) is 2. The summed E-state index contributed by atoms with van der Waals surface area (Å²) in [6.07, 6.45) is 3.01. The van der Waals surface area contributed by atoms with Crippen molar-refractivity contribution < 1.29 is 14.3 Å². The number of methoxy groups -OCH3 is 1. The SMILES string of the molecule is COc1ccc(CN2CCCN(C(=O)c3cccc(NC(=O)NC4CC4)c3)CC2)cc1. The number of rotatable bonds is 6. The highest BCUT2D eigenvalue weighted by Gasteiger charge is 2.24. The topological polar surface area (TPSA) is 73.9 Å². The number of ether oxygens (including phenoxy) is 1. The van der Waals surface area contributed by atoms with Crippen molar-refractivity contribution >= 4 is 17.6 Å². The van der Waals surface area contributed by atoms with Crippen molar-refractivity contribution in [1.82, 2.24) is 15.1 Å². The van der Waals surface area contributed by atoms with E-state index < -0.39 is 0 Å². The van der Waals surface area contributed by atoms with Gasteiger partial charge in [-0.2, -0.15) is 0 Å². The molecule has 0 bridgehead atoms. The van der Waals surface area contributed by atoms with E-state index in [2.05, 4.69) is 27.7 Å². The molecule has 1 aliphatic carbocycles. The van der Waals surface area contributed by atoms with Crippen molar-refractivity contribution in [3.63, 3.8) is 0 Å². The Morgan fingerprint density at radius 2 is 1.84 bits per heavy atom. The second-order valence-corrected chi connectivity index (χ2v) is 8.22. The Hall–Kier alpha value is -3.06. The van der Waals surface area contributed by atoms with Crippen LogP contribution in [0.15, 0.2) is 48.5 Å². The average Bonchev–Trinajstić information content (AvgIpc) is 3.61. The van der Waals surface area contributed by atoms with Crippen LogP contribution >= 0.6 is 0 Å².